The summed E-state index contributed by atoms with van der Waals surface area (Å²) < 4.78 is 36.9. The molecule has 5 nitrogen and oxygen atoms in total. The summed E-state index contributed by atoms with van der Waals surface area (Å²) in [4.78, 5) is 13.9. The molecular weight excluding hydrogens is 319 g/mol. The molecule has 122 valence electrons. The highest BCUT2D eigenvalue weighted by atomic mass is 32.2. The van der Waals surface area contributed by atoms with Crippen LogP contribution >= 0.6 is 0 Å². The number of rotatable bonds is 6. The highest BCUT2D eigenvalue weighted by Gasteiger charge is 2.15. The fraction of sp³-hybridized carbons (Fsp3) is 0.188. The summed E-state index contributed by atoms with van der Waals surface area (Å²) in [6, 6.07) is 11.8. The summed E-state index contributed by atoms with van der Waals surface area (Å²) in [6.07, 6.45) is 0.750. The van der Waals surface area contributed by atoms with E-state index in [1.807, 2.05) is 11.8 Å². The molecule has 0 atom stereocenters. The number of hydrogen-bond donors (Lipinski definition) is 2. The topological polar surface area (TPSA) is 75.3 Å². The molecule has 0 saturated carbocycles. The van der Waals surface area contributed by atoms with Gasteiger partial charge in [-0.15, -0.1) is 4.83 Å². The van der Waals surface area contributed by atoms with Crippen LogP contribution in [0, 0.1) is 5.82 Å². The third kappa shape index (κ3) is 4.87. The van der Waals surface area contributed by atoms with Gasteiger partial charge in [0.05, 0.1) is 11.3 Å². The average molecular weight is 336 g/mol. The van der Waals surface area contributed by atoms with Crippen molar-refractivity contribution in [1.82, 2.24) is 10.3 Å². The number of aryl methyl sites for hydroxylation is 1. The minimum atomic E-state index is -3.82. The number of hydrogen-bond acceptors (Lipinski definition) is 3. The van der Waals surface area contributed by atoms with Gasteiger partial charge in [-0.25, -0.2) is 12.8 Å². The monoisotopic (exact) mass is 336 g/mol. The van der Waals surface area contributed by atoms with Gasteiger partial charge in [-0.1, -0.05) is 31.2 Å². The van der Waals surface area contributed by atoms with E-state index in [-0.39, 0.29) is 11.3 Å². The van der Waals surface area contributed by atoms with Crippen LogP contribution in [0.2, 0.25) is 0 Å². The molecule has 7 heteroatoms. The van der Waals surface area contributed by atoms with E-state index in [1.165, 1.54) is 36.4 Å². The summed E-state index contributed by atoms with van der Waals surface area (Å²) in [5.74, 6) is -0.934. The molecule has 1 amide bonds. The summed E-state index contributed by atoms with van der Waals surface area (Å²) >= 11 is 0. The Morgan fingerprint density at radius 1 is 1.00 bits per heavy atom. The number of sulfonamides is 1. The molecule has 0 saturated heterocycles. The van der Waals surface area contributed by atoms with Crippen molar-refractivity contribution in [2.45, 2.75) is 24.7 Å². The number of hydrazine groups is 1. The normalized spacial score (nSPS) is 11.2. The lowest BCUT2D eigenvalue weighted by Crippen LogP contribution is -2.42. The van der Waals surface area contributed by atoms with Crippen molar-refractivity contribution >= 4 is 15.9 Å². The largest absolute Gasteiger partial charge is 0.277 e. The Morgan fingerprint density at radius 3 is 2.13 bits per heavy atom. The number of carbonyl (C=O) groups excluding carboxylic acids is 1. The quantitative estimate of drug-likeness (QED) is 0.792. The Balaban J connectivity index is 1.95. The summed E-state index contributed by atoms with van der Waals surface area (Å²) in [5, 5.41) is 0. The lowest BCUT2D eigenvalue weighted by molar-refractivity contribution is -0.120. The minimum absolute atomic E-state index is 0.0580. The van der Waals surface area contributed by atoms with Crippen molar-refractivity contribution < 1.29 is 17.6 Å². The van der Waals surface area contributed by atoms with Crippen LogP contribution in [0.4, 0.5) is 4.39 Å². The molecule has 0 aliphatic carbocycles. The van der Waals surface area contributed by atoms with E-state index < -0.39 is 21.7 Å². The molecule has 0 unspecified atom stereocenters. The lowest BCUT2D eigenvalue weighted by Gasteiger charge is -2.09. The first-order chi connectivity index (χ1) is 10.9. The summed E-state index contributed by atoms with van der Waals surface area (Å²) in [6.45, 7) is 1.97. The second-order valence-corrected chi connectivity index (χ2v) is 6.64. The average Bonchev–Trinajstić information content (AvgIpc) is 2.55. The van der Waals surface area contributed by atoms with E-state index in [4.69, 9.17) is 0 Å². The third-order valence-electron chi connectivity index (χ3n) is 3.24. The van der Waals surface area contributed by atoms with E-state index in [1.54, 1.807) is 12.1 Å². The fourth-order valence-corrected chi connectivity index (χ4v) is 2.78. The second-order valence-electron chi connectivity index (χ2n) is 4.95. The van der Waals surface area contributed by atoms with E-state index in [0.29, 0.717) is 5.56 Å². The molecule has 0 bridgehead atoms. The lowest BCUT2D eigenvalue weighted by atomic mass is 10.1. The molecule has 2 aromatic carbocycles. The Kier molecular flexibility index (Phi) is 5.46. The molecular formula is C16H17FN2O3S. The van der Waals surface area contributed by atoms with Gasteiger partial charge in [0, 0.05) is 0 Å². The Morgan fingerprint density at radius 2 is 1.57 bits per heavy atom. The van der Waals surface area contributed by atoms with E-state index in [0.717, 1.165) is 12.0 Å². The zero-order valence-electron chi connectivity index (χ0n) is 12.5. The van der Waals surface area contributed by atoms with Crippen LogP contribution in [0.1, 0.15) is 18.1 Å². The van der Waals surface area contributed by atoms with Crippen molar-refractivity contribution in [1.29, 1.82) is 0 Å². The van der Waals surface area contributed by atoms with Crippen molar-refractivity contribution in [2.24, 2.45) is 0 Å². The van der Waals surface area contributed by atoms with Crippen LogP contribution < -0.4 is 10.3 Å². The van der Waals surface area contributed by atoms with Gasteiger partial charge >= 0.3 is 0 Å². The van der Waals surface area contributed by atoms with Crippen LogP contribution in [-0.2, 0) is 27.7 Å². The molecule has 0 aliphatic heterocycles. The summed E-state index contributed by atoms with van der Waals surface area (Å²) in [5.41, 5.74) is 3.74. The van der Waals surface area contributed by atoms with Crippen molar-refractivity contribution in [2.75, 3.05) is 0 Å². The first-order valence-electron chi connectivity index (χ1n) is 7.05. The zero-order valence-corrected chi connectivity index (χ0v) is 13.4. The Bertz CT molecular complexity index is 772. The summed E-state index contributed by atoms with van der Waals surface area (Å²) in [7, 11) is -3.82. The number of halogens is 1. The highest BCUT2D eigenvalue weighted by Crippen LogP contribution is 2.10. The molecule has 2 aromatic rings. The molecule has 0 fully saturated rings. The second kappa shape index (κ2) is 7.34. The van der Waals surface area contributed by atoms with Crippen LogP contribution in [-0.4, -0.2) is 14.3 Å². The number of carbonyl (C=O) groups is 1. The first kappa shape index (κ1) is 17.1. The van der Waals surface area contributed by atoms with Crippen LogP contribution in [0.5, 0.6) is 0 Å². The molecule has 0 aromatic heterocycles. The maximum Gasteiger partial charge on any atom is 0.257 e. The van der Waals surface area contributed by atoms with Gasteiger partial charge in [0.1, 0.15) is 5.82 Å². The van der Waals surface area contributed by atoms with E-state index in [9.17, 15) is 17.6 Å². The number of amides is 1. The van der Waals surface area contributed by atoms with Gasteiger partial charge in [0.25, 0.3) is 10.0 Å². The number of nitrogens with one attached hydrogen (secondary N) is 2. The zero-order chi connectivity index (χ0) is 16.9. The van der Waals surface area contributed by atoms with Gasteiger partial charge in [-0.3, -0.25) is 10.2 Å². The van der Waals surface area contributed by atoms with Crippen LogP contribution in [0.25, 0.3) is 0 Å². The third-order valence-corrected chi connectivity index (χ3v) is 4.51. The van der Waals surface area contributed by atoms with E-state index >= 15 is 0 Å². The molecule has 0 aliphatic rings. The highest BCUT2D eigenvalue weighted by molar-refractivity contribution is 7.89. The van der Waals surface area contributed by atoms with Crippen LogP contribution in [0.3, 0.4) is 0 Å². The van der Waals surface area contributed by atoms with Gasteiger partial charge in [-0.2, -0.15) is 0 Å². The molecule has 0 spiro atoms. The SMILES string of the molecule is CCc1ccc(S(=O)(=O)NNC(=O)Cc2ccc(F)cc2)cc1. The predicted octanol–water partition coefficient (Wildman–Crippen LogP) is 1.94. The van der Waals surface area contributed by atoms with E-state index in [2.05, 4.69) is 5.43 Å². The standard InChI is InChI=1S/C16H17FN2O3S/c1-2-12-5-9-15(10-6-12)23(21,22)19-18-16(20)11-13-3-7-14(17)8-4-13/h3-10,19H,2,11H2,1H3,(H,18,20). The minimum Gasteiger partial charge on any atom is -0.277 e. The fourth-order valence-electron chi connectivity index (χ4n) is 1.92. The maximum absolute atomic E-state index is 12.8. The van der Waals surface area contributed by atoms with Gasteiger partial charge < -0.3 is 0 Å². The molecule has 0 radical (unpaired) electrons. The van der Waals surface area contributed by atoms with Crippen molar-refractivity contribution in [3.63, 3.8) is 0 Å². The van der Waals surface area contributed by atoms with Gasteiger partial charge in [-0.05, 0) is 41.8 Å². The molecule has 2 rings (SSSR count). The van der Waals surface area contributed by atoms with Crippen molar-refractivity contribution in [3.05, 3.63) is 65.5 Å². The molecule has 0 heterocycles. The van der Waals surface area contributed by atoms with Crippen molar-refractivity contribution in [3.8, 4) is 0 Å². The Hall–Kier alpha value is -2.25. The van der Waals surface area contributed by atoms with Gasteiger partial charge in [0.2, 0.25) is 5.91 Å². The Labute approximate surface area is 134 Å². The predicted molar refractivity (Wildman–Crippen MR) is 84.4 cm³/mol. The maximum atomic E-state index is 12.8. The number of benzene rings is 2. The molecule has 23 heavy (non-hydrogen) atoms. The molecule has 2 N–H and O–H groups in total. The smallest absolute Gasteiger partial charge is 0.257 e. The van der Waals surface area contributed by atoms with Gasteiger partial charge in [0.15, 0.2) is 0 Å². The van der Waals surface area contributed by atoms with Crippen LogP contribution in [0.15, 0.2) is 53.4 Å². The first-order valence-corrected chi connectivity index (χ1v) is 8.53.